The summed E-state index contributed by atoms with van der Waals surface area (Å²) in [5, 5.41) is 0. The summed E-state index contributed by atoms with van der Waals surface area (Å²) in [7, 11) is 1.34. The number of aromatic nitrogens is 4. The summed E-state index contributed by atoms with van der Waals surface area (Å²) in [6.45, 7) is 7.39. The van der Waals surface area contributed by atoms with Gasteiger partial charge in [0.1, 0.15) is 5.82 Å². The van der Waals surface area contributed by atoms with E-state index < -0.39 is 5.97 Å². The molecule has 3 heterocycles. The number of ether oxygens (including phenoxy) is 1. The van der Waals surface area contributed by atoms with Crippen molar-refractivity contribution in [3.05, 3.63) is 40.7 Å². The largest absolute Gasteiger partial charge is 0.464 e. The van der Waals surface area contributed by atoms with Gasteiger partial charge in [0.05, 0.1) is 19.3 Å². The molecule has 3 rings (SSSR count). The third-order valence-electron chi connectivity index (χ3n) is 3.82. The van der Waals surface area contributed by atoms with E-state index in [4.69, 9.17) is 4.74 Å². The summed E-state index contributed by atoms with van der Waals surface area (Å²) < 4.78 is 4.75. The lowest BCUT2D eigenvalue weighted by Gasteiger charge is -2.15. The number of nitrogens with zero attached hydrogens (tertiary/aromatic N) is 5. The van der Waals surface area contributed by atoms with Crippen molar-refractivity contribution in [2.75, 3.05) is 12.0 Å². The van der Waals surface area contributed by atoms with Crippen molar-refractivity contribution >= 4 is 11.9 Å². The lowest BCUT2D eigenvalue weighted by molar-refractivity contribution is 0.0593. The van der Waals surface area contributed by atoms with Gasteiger partial charge >= 0.3 is 5.97 Å². The number of fused-ring (bicyclic) bond motifs is 1. The van der Waals surface area contributed by atoms with Crippen LogP contribution in [0.15, 0.2) is 12.3 Å². The lowest BCUT2D eigenvalue weighted by Crippen LogP contribution is -2.20. The van der Waals surface area contributed by atoms with Crippen LogP contribution in [0, 0.1) is 12.8 Å². The smallest absolute Gasteiger partial charge is 0.356 e. The predicted octanol–water partition coefficient (Wildman–Crippen LogP) is 2.08. The maximum atomic E-state index is 11.7. The summed E-state index contributed by atoms with van der Waals surface area (Å²) in [5.41, 5.74) is 3.07. The van der Waals surface area contributed by atoms with E-state index in [1.165, 1.54) is 7.11 Å². The molecule has 0 bridgehead atoms. The van der Waals surface area contributed by atoms with Crippen LogP contribution in [0.2, 0.25) is 0 Å². The van der Waals surface area contributed by atoms with E-state index in [9.17, 15) is 4.79 Å². The monoisotopic (exact) mass is 327 g/mol. The van der Waals surface area contributed by atoms with Crippen LogP contribution in [0.4, 0.5) is 5.95 Å². The van der Waals surface area contributed by atoms with Crippen LogP contribution in [-0.2, 0) is 24.2 Å². The Balaban J connectivity index is 1.85. The van der Waals surface area contributed by atoms with Gasteiger partial charge in [0.25, 0.3) is 0 Å². The second kappa shape index (κ2) is 6.51. The minimum atomic E-state index is -0.461. The third-order valence-corrected chi connectivity index (χ3v) is 3.82. The Morgan fingerprint density at radius 1 is 1.29 bits per heavy atom. The van der Waals surface area contributed by atoms with Crippen LogP contribution in [-0.4, -0.2) is 33.0 Å². The molecule has 0 saturated carbocycles. The van der Waals surface area contributed by atoms with Crippen LogP contribution < -0.4 is 4.90 Å². The van der Waals surface area contributed by atoms with E-state index in [1.54, 1.807) is 6.07 Å². The summed E-state index contributed by atoms with van der Waals surface area (Å²) in [5.74, 6) is 1.44. The quantitative estimate of drug-likeness (QED) is 0.795. The summed E-state index contributed by atoms with van der Waals surface area (Å²) in [6, 6.07) is 1.62. The van der Waals surface area contributed by atoms with Gasteiger partial charge in [-0.1, -0.05) is 13.8 Å². The Morgan fingerprint density at radius 3 is 2.79 bits per heavy atom. The molecule has 7 heteroatoms. The number of methoxy groups -OCH3 is 1. The Kier molecular flexibility index (Phi) is 4.42. The van der Waals surface area contributed by atoms with Gasteiger partial charge in [0, 0.05) is 30.4 Å². The fourth-order valence-electron chi connectivity index (χ4n) is 2.70. The van der Waals surface area contributed by atoms with Crippen LogP contribution in [0.1, 0.15) is 47.1 Å². The van der Waals surface area contributed by atoms with Gasteiger partial charge in [-0.05, 0) is 18.9 Å². The molecule has 2 aromatic rings. The van der Waals surface area contributed by atoms with Crippen LogP contribution in [0.25, 0.3) is 0 Å². The first kappa shape index (κ1) is 16.3. The maximum absolute atomic E-state index is 11.7. The fraction of sp³-hybridized carbons (Fsp3) is 0.471. The topological polar surface area (TPSA) is 81.1 Å². The van der Waals surface area contributed by atoms with Crippen molar-refractivity contribution in [1.82, 2.24) is 19.9 Å². The molecule has 0 amide bonds. The van der Waals surface area contributed by atoms with Crippen LogP contribution in [0.5, 0.6) is 0 Å². The highest BCUT2D eigenvalue weighted by atomic mass is 16.5. The Bertz CT molecular complexity index is 776. The second-order valence-corrected chi connectivity index (χ2v) is 6.40. The molecule has 7 nitrogen and oxygen atoms in total. The third kappa shape index (κ3) is 3.34. The van der Waals surface area contributed by atoms with Crippen LogP contribution >= 0.6 is 0 Å². The van der Waals surface area contributed by atoms with Crippen molar-refractivity contribution in [2.45, 2.75) is 40.3 Å². The van der Waals surface area contributed by atoms with Gasteiger partial charge in [0.15, 0.2) is 5.69 Å². The molecule has 0 spiro atoms. The van der Waals surface area contributed by atoms with Crippen molar-refractivity contribution < 1.29 is 9.53 Å². The van der Waals surface area contributed by atoms with E-state index in [0.29, 0.717) is 25.0 Å². The maximum Gasteiger partial charge on any atom is 0.356 e. The molecule has 24 heavy (non-hydrogen) atoms. The highest BCUT2D eigenvalue weighted by molar-refractivity contribution is 5.87. The van der Waals surface area contributed by atoms with E-state index >= 15 is 0 Å². The molecule has 2 aromatic heterocycles. The van der Waals surface area contributed by atoms with E-state index in [1.807, 2.05) is 18.0 Å². The number of hydrogen-bond acceptors (Lipinski definition) is 7. The van der Waals surface area contributed by atoms with E-state index in [0.717, 1.165) is 29.2 Å². The average molecular weight is 327 g/mol. The Labute approximate surface area is 141 Å². The molecule has 0 N–H and O–H groups in total. The molecular formula is C17H21N5O2. The molecule has 0 aliphatic carbocycles. The molecule has 0 aromatic carbocycles. The summed E-state index contributed by atoms with van der Waals surface area (Å²) in [4.78, 5) is 31.6. The van der Waals surface area contributed by atoms with E-state index in [2.05, 4.69) is 33.8 Å². The normalized spacial score (nSPS) is 13.3. The molecule has 0 atom stereocenters. The molecule has 0 saturated heterocycles. The van der Waals surface area contributed by atoms with Crippen molar-refractivity contribution in [1.29, 1.82) is 0 Å². The minimum absolute atomic E-state index is 0.266. The number of carbonyl (C=O) groups is 1. The molecule has 0 unspecified atom stereocenters. The Morgan fingerprint density at radius 2 is 2.08 bits per heavy atom. The molecule has 0 fully saturated rings. The molecular weight excluding hydrogens is 306 g/mol. The van der Waals surface area contributed by atoms with E-state index in [-0.39, 0.29) is 5.69 Å². The average Bonchev–Trinajstić information content (AvgIpc) is 2.96. The zero-order valence-corrected chi connectivity index (χ0v) is 14.4. The number of hydrogen-bond donors (Lipinski definition) is 0. The highest BCUT2D eigenvalue weighted by Gasteiger charge is 2.24. The molecule has 0 radical (unpaired) electrons. The molecule has 126 valence electrons. The lowest BCUT2D eigenvalue weighted by atomic mass is 10.1. The fourth-order valence-corrected chi connectivity index (χ4v) is 2.70. The first-order chi connectivity index (χ1) is 11.5. The number of rotatable bonds is 4. The standard InChI is InChI=1S/C17H21N5O2/c1-10(2)5-15-18-7-12-8-22(9-14(12)20-15)17-19-11(3)6-13(21-17)16(23)24-4/h6-7,10H,5,8-9H2,1-4H3. The zero-order valence-electron chi connectivity index (χ0n) is 14.4. The van der Waals surface area contributed by atoms with Gasteiger partial charge in [-0.25, -0.2) is 24.7 Å². The van der Waals surface area contributed by atoms with Crippen molar-refractivity contribution in [2.24, 2.45) is 5.92 Å². The second-order valence-electron chi connectivity index (χ2n) is 6.40. The number of aryl methyl sites for hydroxylation is 1. The van der Waals surface area contributed by atoms with Crippen LogP contribution in [0.3, 0.4) is 0 Å². The number of anilines is 1. The molecule has 1 aliphatic heterocycles. The van der Waals surface area contributed by atoms with Gasteiger partial charge in [-0.3, -0.25) is 0 Å². The van der Waals surface area contributed by atoms with Crippen molar-refractivity contribution in [3.8, 4) is 0 Å². The van der Waals surface area contributed by atoms with Gasteiger partial charge in [0.2, 0.25) is 5.95 Å². The minimum Gasteiger partial charge on any atom is -0.464 e. The van der Waals surface area contributed by atoms with Gasteiger partial charge in [-0.2, -0.15) is 0 Å². The number of esters is 1. The molecule has 1 aliphatic rings. The predicted molar refractivity (Wildman–Crippen MR) is 88.6 cm³/mol. The van der Waals surface area contributed by atoms with Gasteiger partial charge in [-0.15, -0.1) is 0 Å². The summed E-state index contributed by atoms with van der Waals surface area (Å²) >= 11 is 0. The zero-order chi connectivity index (χ0) is 17.3. The summed E-state index contributed by atoms with van der Waals surface area (Å²) in [6.07, 6.45) is 2.75. The number of carbonyl (C=O) groups excluding carboxylic acids is 1. The Hall–Kier alpha value is -2.57. The highest BCUT2D eigenvalue weighted by Crippen LogP contribution is 2.25. The van der Waals surface area contributed by atoms with Crippen molar-refractivity contribution in [3.63, 3.8) is 0 Å². The SMILES string of the molecule is COC(=O)c1cc(C)nc(N2Cc3cnc(CC(C)C)nc3C2)n1. The first-order valence-corrected chi connectivity index (χ1v) is 7.99. The first-order valence-electron chi connectivity index (χ1n) is 7.99. The van der Waals surface area contributed by atoms with Gasteiger partial charge < -0.3 is 9.64 Å².